The third-order valence-electron chi connectivity index (χ3n) is 5.59. The van der Waals surface area contributed by atoms with Crippen LogP contribution in [0.5, 0.6) is 5.75 Å². The lowest BCUT2D eigenvalue weighted by Crippen LogP contribution is -2.48. The lowest BCUT2D eigenvalue weighted by molar-refractivity contribution is 0.102. The first-order chi connectivity index (χ1) is 16.3. The summed E-state index contributed by atoms with van der Waals surface area (Å²) in [4.78, 5) is 14.2. The Morgan fingerprint density at radius 3 is 2.24 bits per heavy atom. The number of nitrogens with zero attached hydrogens (tertiary/aromatic N) is 2. The van der Waals surface area contributed by atoms with Gasteiger partial charge in [-0.1, -0.05) is 15.9 Å². The van der Waals surface area contributed by atoms with Gasteiger partial charge in [0.05, 0.1) is 7.11 Å². The smallest absolute Gasteiger partial charge is 0.255 e. The second kappa shape index (κ2) is 10.1. The van der Waals surface area contributed by atoms with E-state index in [2.05, 4.69) is 26.1 Å². The first-order valence-corrected chi connectivity index (χ1v) is 12.8. The van der Waals surface area contributed by atoms with E-state index in [0.29, 0.717) is 18.8 Å². The molecule has 1 aliphatic rings. The van der Waals surface area contributed by atoms with Crippen LogP contribution in [0.2, 0.25) is 0 Å². The van der Waals surface area contributed by atoms with Gasteiger partial charge in [-0.15, -0.1) is 0 Å². The van der Waals surface area contributed by atoms with E-state index < -0.39 is 26.6 Å². The molecule has 0 aliphatic carbocycles. The fourth-order valence-electron chi connectivity index (χ4n) is 3.70. The van der Waals surface area contributed by atoms with Gasteiger partial charge in [-0.05, 0) is 66.7 Å². The molecule has 1 heterocycles. The van der Waals surface area contributed by atoms with Gasteiger partial charge in [0.1, 0.15) is 16.5 Å². The molecule has 1 aliphatic heterocycles. The van der Waals surface area contributed by atoms with Gasteiger partial charge in [-0.2, -0.15) is 4.31 Å². The standard InChI is InChI=1S/C24H23BrFN3O4S/c1-33-21-9-7-20(8-10-21)28-12-14-29(15-13-28)34(31,32)23-16-17(2-11-22(23)26)24(30)27-19-5-3-18(25)4-6-19/h2-11,16H,12-15H2,1H3,(H,27,30). The molecule has 7 nitrogen and oxygen atoms in total. The number of rotatable bonds is 6. The molecule has 3 aromatic rings. The number of anilines is 2. The third kappa shape index (κ3) is 5.24. The molecule has 178 valence electrons. The van der Waals surface area contributed by atoms with Crippen LogP contribution < -0.4 is 15.0 Å². The Hall–Kier alpha value is -2.95. The number of benzene rings is 3. The number of ether oxygens (including phenoxy) is 1. The van der Waals surface area contributed by atoms with Crippen molar-refractivity contribution in [2.45, 2.75) is 4.90 Å². The number of nitrogens with one attached hydrogen (secondary N) is 1. The molecule has 0 atom stereocenters. The van der Waals surface area contributed by atoms with E-state index in [4.69, 9.17) is 4.74 Å². The third-order valence-corrected chi connectivity index (χ3v) is 8.03. The topological polar surface area (TPSA) is 79.0 Å². The number of halogens is 2. The Labute approximate surface area is 206 Å². The highest BCUT2D eigenvalue weighted by Crippen LogP contribution is 2.25. The van der Waals surface area contributed by atoms with Crippen molar-refractivity contribution >= 4 is 43.2 Å². The van der Waals surface area contributed by atoms with Gasteiger partial charge >= 0.3 is 0 Å². The van der Waals surface area contributed by atoms with Crippen molar-refractivity contribution in [3.05, 3.63) is 82.6 Å². The maximum absolute atomic E-state index is 14.6. The number of carbonyl (C=O) groups is 1. The zero-order valence-electron chi connectivity index (χ0n) is 18.4. The first kappa shape index (κ1) is 24.2. The average Bonchev–Trinajstić information content (AvgIpc) is 2.85. The Bertz CT molecular complexity index is 1280. The highest BCUT2D eigenvalue weighted by Gasteiger charge is 2.31. The number of methoxy groups -OCH3 is 1. The summed E-state index contributed by atoms with van der Waals surface area (Å²) >= 11 is 3.32. The molecule has 34 heavy (non-hydrogen) atoms. The summed E-state index contributed by atoms with van der Waals surface area (Å²) < 4.78 is 48.3. The van der Waals surface area contributed by atoms with Gasteiger partial charge in [0.25, 0.3) is 5.91 Å². The maximum atomic E-state index is 14.6. The van der Waals surface area contributed by atoms with Gasteiger partial charge in [-0.25, -0.2) is 12.8 Å². The predicted molar refractivity (Wildman–Crippen MR) is 132 cm³/mol. The minimum atomic E-state index is -4.12. The summed E-state index contributed by atoms with van der Waals surface area (Å²) in [6.07, 6.45) is 0. The predicted octanol–water partition coefficient (Wildman–Crippen LogP) is 4.36. The van der Waals surface area contributed by atoms with Crippen LogP contribution in [0.25, 0.3) is 0 Å². The van der Waals surface area contributed by atoms with Crippen LogP contribution in [0.15, 0.2) is 76.1 Å². The monoisotopic (exact) mass is 547 g/mol. The number of amides is 1. The number of hydrogen-bond acceptors (Lipinski definition) is 5. The van der Waals surface area contributed by atoms with Crippen molar-refractivity contribution < 1.29 is 22.3 Å². The lowest BCUT2D eigenvalue weighted by atomic mass is 10.2. The summed E-state index contributed by atoms with van der Waals surface area (Å²) in [6.45, 7) is 1.31. The largest absolute Gasteiger partial charge is 0.497 e. The molecular formula is C24H23BrFN3O4S. The van der Waals surface area contributed by atoms with Crippen LogP contribution in [-0.4, -0.2) is 51.9 Å². The fraction of sp³-hybridized carbons (Fsp3) is 0.208. The summed E-state index contributed by atoms with van der Waals surface area (Å²) in [5.74, 6) is -0.676. The SMILES string of the molecule is COc1ccc(N2CCN(S(=O)(=O)c3cc(C(=O)Nc4ccc(Br)cc4)ccc3F)CC2)cc1. The minimum absolute atomic E-state index is 0.0553. The summed E-state index contributed by atoms with van der Waals surface area (Å²) in [7, 11) is -2.52. The summed E-state index contributed by atoms with van der Waals surface area (Å²) in [5.41, 5.74) is 1.55. The molecule has 1 N–H and O–H groups in total. The van der Waals surface area contributed by atoms with Gasteiger partial charge in [0.2, 0.25) is 10.0 Å². The van der Waals surface area contributed by atoms with Gasteiger partial charge < -0.3 is 15.0 Å². The molecular weight excluding hydrogens is 525 g/mol. The van der Waals surface area contributed by atoms with E-state index in [1.165, 1.54) is 10.4 Å². The average molecular weight is 548 g/mol. The molecule has 1 amide bonds. The zero-order valence-corrected chi connectivity index (χ0v) is 20.8. The summed E-state index contributed by atoms with van der Waals surface area (Å²) in [6, 6.07) is 17.8. The molecule has 3 aromatic carbocycles. The molecule has 0 unspecified atom stereocenters. The molecule has 0 aromatic heterocycles. The Morgan fingerprint density at radius 2 is 1.62 bits per heavy atom. The zero-order chi connectivity index (χ0) is 24.3. The number of sulfonamides is 1. The Morgan fingerprint density at radius 1 is 0.971 bits per heavy atom. The Kier molecular flexibility index (Phi) is 7.20. The summed E-state index contributed by atoms with van der Waals surface area (Å²) in [5, 5.41) is 2.69. The second-order valence-electron chi connectivity index (χ2n) is 7.70. The van der Waals surface area contributed by atoms with Crippen LogP contribution >= 0.6 is 15.9 Å². The molecule has 0 bridgehead atoms. The van der Waals surface area contributed by atoms with Crippen molar-refractivity contribution in [1.29, 1.82) is 0 Å². The molecule has 0 spiro atoms. The molecule has 4 rings (SSSR count). The van der Waals surface area contributed by atoms with E-state index in [9.17, 15) is 17.6 Å². The van der Waals surface area contributed by atoms with Crippen LogP contribution in [-0.2, 0) is 10.0 Å². The highest BCUT2D eigenvalue weighted by molar-refractivity contribution is 9.10. The van der Waals surface area contributed by atoms with E-state index in [-0.39, 0.29) is 18.7 Å². The Balaban J connectivity index is 1.48. The number of carbonyl (C=O) groups excluding carboxylic acids is 1. The number of piperazine rings is 1. The minimum Gasteiger partial charge on any atom is -0.497 e. The number of hydrogen-bond donors (Lipinski definition) is 1. The van der Waals surface area contributed by atoms with Crippen molar-refractivity contribution in [3.63, 3.8) is 0 Å². The maximum Gasteiger partial charge on any atom is 0.255 e. The van der Waals surface area contributed by atoms with Gasteiger partial charge in [0.15, 0.2) is 0 Å². The molecule has 1 fully saturated rings. The van der Waals surface area contributed by atoms with Crippen LogP contribution in [0.1, 0.15) is 10.4 Å². The van der Waals surface area contributed by atoms with E-state index in [1.807, 2.05) is 24.3 Å². The van der Waals surface area contributed by atoms with Crippen molar-refractivity contribution in [2.75, 3.05) is 43.5 Å². The van der Waals surface area contributed by atoms with Crippen molar-refractivity contribution in [3.8, 4) is 5.75 Å². The van der Waals surface area contributed by atoms with Gasteiger partial charge in [0, 0.05) is 47.6 Å². The molecule has 10 heteroatoms. The van der Waals surface area contributed by atoms with E-state index in [0.717, 1.165) is 28.0 Å². The highest BCUT2D eigenvalue weighted by atomic mass is 79.9. The van der Waals surface area contributed by atoms with Crippen LogP contribution in [0, 0.1) is 5.82 Å². The second-order valence-corrected chi connectivity index (χ2v) is 10.5. The van der Waals surface area contributed by atoms with Crippen molar-refractivity contribution in [1.82, 2.24) is 4.31 Å². The van der Waals surface area contributed by atoms with Crippen LogP contribution in [0.3, 0.4) is 0 Å². The van der Waals surface area contributed by atoms with Crippen LogP contribution in [0.4, 0.5) is 15.8 Å². The lowest BCUT2D eigenvalue weighted by Gasteiger charge is -2.35. The van der Waals surface area contributed by atoms with Crippen molar-refractivity contribution in [2.24, 2.45) is 0 Å². The van der Waals surface area contributed by atoms with Gasteiger partial charge in [-0.3, -0.25) is 4.79 Å². The molecule has 0 saturated carbocycles. The quantitative estimate of drug-likeness (QED) is 0.496. The first-order valence-electron chi connectivity index (χ1n) is 10.5. The van der Waals surface area contributed by atoms with E-state index >= 15 is 0 Å². The van der Waals surface area contributed by atoms with E-state index in [1.54, 1.807) is 31.4 Å². The fourth-order valence-corrected chi connectivity index (χ4v) is 5.47. The molecule has 0 radical (unpaired) electrons. The molecule has 1 saturated heterocycles. The normalized spacial score (nSPS) is 14.6.